The van der Waals surface area contributed by atoms with Crippen LogP contribution in [0.2, 0.25) is 0 Å². The van der Waals surface area contributed by atoms with Gasteiger partial charge in [0.2, 0.25) is 0 Å². The Balaban J connectivity index is 1.47. The molecule has 0 aromatic rings. The van der Waals surface area contributed by atoms with Gasteiger partial charge in [0.15, 0.2) is 0 Å². The van der Waals surface area contributed by atoms with Crippen LogP contribution >= 0.6 is 0 Å². The maximum atomic E-state index is 6.28. The fourth-order valence-corrected chi connectivity index (χ4v) is 3.76. The van der Waals surface area contributed by atoms with Gasteiger partial charge in [-0.05, 0) is 57.5 Å². The van der Waals surface area contributed by atoms with E-state index in [1.165, 1.54) is 25.7 Å². The highest BCUT2D eigenvalue weighted by Crippen LogP contribution is 2.37. The average Bonchev–Trinajstić information content (AvgIpc) is 2.76. The SMILES string of the molecule is CC1CCC(OC2COC3(CCNCC3)C2)CC1. The first-order chi connectivity index (χ1) is 8.76. The molecule has 3 aliphatic rings. The fourth-order valence-electron chi connectivity index (χ4n) is 3.76. The van der Waals surface area contributed by atoms with Gasteiger partial charge in [0.25, 0.3) is 0 Å². The van der Waals surface area contributed by atoms with Gasteiger partial charge in [0, 0.05) is 6.42 Å². The van der Waals surface area contributed by atoms with Gasteiger partial charge in [-0.1, -0.05) is 6.92 Å². The molecule has 1 spiro atoms. The van der Waals surface area contributed by atoms with Crippen molar-refractivity contribution in [3.05, 3.63) is 0 Å². The molecule has 1 atom stereocenters. The Bertz CT molecular complexity index is 268. The maximum Gasteiger partial charge on any atom is 0.0840 e. The Kier molecular flexibility index (Phi) is 3.92. The summed E-state index contributed by atoms with van der Waals surface area (Å²) in [6, 6.07) is 0. The summed E-state index contributed by atoms with van der Waals surface area (Å²) < 4.78 is 12.4. The van der Waals surface area contributed by atoms with E-state index in [0.29, 0.717) is 12.2 Å². The Morgan fingerprint density at radius 1 is 1.06 bits per heavy atom. The van der Waals surface area contributed by atoms with Crippen molar-refractivity contribution in [2.24, 2.45) is 5.92 Å². The van der Waals surface area contributed by atoms with Crippen LogP contribution in [0.1, 0.15) is 51.9 Å². The molecule has 0 amide bonds. The van der Waals surface area contributed by atoms with E-state index in [9.17, 15) is 0 Å². The summed E-state index contributed by atoms with van der Waals surface area (Å²) in [5.41, 5.74) is 0.151. The number of rotatable bonds is 2. The lowest BCUT2D eigenvalue weighted by Crippen LogP contribution is -2.41. The molecule has 104 valence electrons. The minimum atomic E-state index is 0.151. The first-order valence-corrected chi connectivity index (χ1v) is 7.76. The number of nitrogens with one attached hydrogen (secondary N) is 1. The third-order valence-corrected chi connectivity index (χ3v) is 5.04. The molecule has 2 heterocycles. The zero-order chi connectivity index (χ0) is 12.4. The molecular weight excluding hydrogens is 226 g/mol. The summed E-state index contributed by atoms with van der Waals surface area (Å²) in [5, 5.41) is 3.42. The summed E-state index contributed by atoms with van der Waals surface area (Å²) in [5.74, 6) is 0.903. The molecule has 0 aromatic heterocycles. The van der Waals surface area contributed by atoms with E-state index >= 15 is 0 Å². The van der Waals surface area contributed by atoms with Crippen LogP contribution in [0.25, 0.3) is 0 Å². The van der Waals surface area contributed by atoms with Crippen molar-refractivity contribution in [2.45, 2.75) is 69.7 Å². The molecule has 1 aliphatic carbocycles. The second-order valence-electron chi connectivity index (χ2n) is 6.59. The molecule has 18 heavy (non-hydrogen) atoms. The molecule has 0 aromatic carbocycles. The highest BCUT2D eigenvalue weighted by atomic mass is 16.6. The standard InChI is InChI=1S/C15H27NO2/c1-12-2-4-13(5-3-12)18-14-10-15(17-11-14)6-8-16-9-7-15/h12-14,16H,2-11H2,1H3. The van der Waals surface area contributed by atoms with Gasteiger partial charge in [0.1, 0.15) is 0 Å². The minimum Gasteiger partial charge on any atom is -0.372 e. The third kappa shape index (κ3) is 2.89. The van der Waals surface area contributed by atoms with Crippen LogP contribution in [0.3, 0.4) is 0 Å². The summed E-state index contributed by atoms with van der Waals surface area (Å²) in [6.07, 6.45) is 9.51. The van der Waals surface area contributed by atoms with Crippen LogP contribution in [-0.2, 0) is 9.47 Å². The lowest BCUT2D eigenvalue weighted by Gasteiger charge is -2.33. The van der Waals surface area contributed by atoms with Crippen molar-refractivity contribution in [2.75, 3.05) is 19.7 Å². The van der Waals surface area contributed by atoms with Gasteiger partial charge in [-0.2, -0.15) is 0 Å². The zero-order valence-electron chi connectivity index (χ0n) is 11.6. The van der Waals surface area contributed by atoms with E-state index in [-0.39, 0.29) is 5.60 Å². The highest BCUT2D eigenvalue weighted by Gasteiger charge is 2.42. The second-order valence-corrected chi connectivity index (χ2v) is 6.59. The van der Waals surface area contributed by atoms with Crippen molar-refractivity contribution in [1.29, 1.82) is 0 Å². The van der Waals surface area contributed by atoms with Gasteiger partial charge >= 0.3 is 0 Å². The smallest absolute Gasteiger partial charge is 0.0840 e. The van der Waals surface area contributed by atoms with Crippen LogP contribution in [-0.4, -0.2) is 37.5 Å². The second kappa shape index (κ2) is 5.48. The van der Waals surface area contributed by atoms with Gasteiger partial charge in [-0.15, -0.1) is 0 Å². The van der Waals surface area contributed by atoms with Crippen molar-refractivity contribution < 1.29 is 9.47 Å². The van der Waals surface area contributed by atoms with Gasteiger partial charge in [0.05, 0.1) is 24.4 Å². The number of hydrogen-bond donors (Lipinski definition) is 1. The molecular formula is C15H27NO2. The number of piperidine rings is 1. The molecule has 3 fully saturated rings. The lowest BCUT2D eigenvalue weighted by molar-refractivity contribution is -0.0438. The van der Waals surface area contributed by atoms with Crippen molar-refractivity contribution in [3.63, 3.8) is 0 Å². The van der Waals surface area contributed by atoms with Crippen LogP contribution in [0.4, 0.5) is 0 Å². The van der Waals surface area contributed by atoms with Crippen LogP contribution in [0.15, 0.2) is 0 Å². The number of ether oxygens (including phenoxy) is 2. The summed E-state index contributed by atoms with van der Waals surface area (Å²) >= 11 is 0. The molecule has 3 heteroatoms. The van der Waals surface area contributed by atoms with Crippen LogP contribution in [0, 0.1) is 5.92 Å². The first kappa shape index (κ1) is 12.9. The normalized spacial score (nSPS) is 40.2. The molecule has 2 aliphatic heterocycles. The van der Waals surface area contributed by atoms with Crippen molar-refractivity contribution in [3.8, 4) is 0 Å². The minimum absolute atomic E-state index is 0.151. The van der Waals surface area contributed by atoms with Gasteiger partial charge in [-0.25, -0.2) is 0 Å². The lowest BCUT2D eigenvalue weighted by atomic mass is 9.87. The van der Waals surface area contributed by atoms with Gasteiger partial charge < -0.3 is 14.8 Å². The predicted octanol–water partition coefficient (Wildman–Crippen LogP) is 2.49. The van der Waals surface area contributed by atoms with E-state index < -0.39 is 0 Å². The van der Waals surface area contributed by atoms with Crippen molar-refractivity contribution in [1.82, 2.24) is 5.32 Å². The van der Waals surface area contributed by atoms with E-state index in [2.05, 4.69) is 12.2 Å². The van der Waals surface area contributed by atoms with E-state index in [4.69, 9.17) is 9.47 Å². The molecule has 1 saturated carbocycles. The van der Waals surface area contributed by atoms with Crippen molar-refractivity contribution >= 4 is 0 Å². The maximum absolute atomic E-state index is 6.28. The van der Waals surface area contributed by atoms with Crippen LogP contribution in [0.5, 0.6) is 0 Å². The molecule has 3 rings (SSSR count). The van der Waals surface area contributed by atoms with E-state index in [1.807, 2.05) is 0 Å². The van der Waals surface area contributed by atoms with Gasteiger partial charge in [-0.3, -0.25) is 0 Å². The molecule has 0 radical (unpaired) electrons. The number of hydrogen-bond acceptors (Lipinski definition) is 3. The summed E-state index contributed by atoms with van der Waals surface area (Å²) in [6.45, 7) is 5.40. The largest absolute Gasteiger partial charge is 0.372 e. The topological polar surface area (TPSA) is 30.5 Å². The Labute approximate surface area is 111 Å². The highest BCUT2D eigenvalue weighted by molar-refractivity contribution is 4.93. The molecule has 3 nitrogen and oxygen atoms in total. The quantitative estimate of drug-likeness (QED) is 0.820. The Hall–Kier alpha value is -0.120. The van der Waals surface area contributed by atoms with Crippen LogP contribution < -0.4 is 5.32 Å². The Morgan fingerprint density at radius 2 is 1.78 bits per heavy atom. The molecule has 1 N–H and O–H groups in total. The molecule has 2 saturated heterocycles. The Morgan fingerprint density at radius 3 is 2.50 bits per heavy atom. The molecule has 0 bridgehead atoms. The summed E-state index contributed by atoms with van der Waals surface area (Å²) in [7, 11) is 0. The summed E-state index contributed by atoms with van der Waals surface area (Å²) in [4.78, 5) is 0. The third-order valence-electron chi connectivity index (χ3n) is 5.04. The van der Waals surface area contributed by atoms with E-state index in [0.717, 1.165) is 44.9 Å². The molecule has 1 unspecified atom stereocenters. The monoisotopic (exact) mass is 253 g/mol. The first-order valence-electron chi connectivity index (χ1n) is 7.76. The van der Waals surface area contributed by atoms with E-state index in [1.54, 1.807) is 0 Å². The average molecular weight is 253 g/mol. The predicted molar refractivity (Wildman–Crippen MR) is 71.7 cm³/mol. The zero-order valence-corrected chi connectivity index (χ0v) is 11.6. The fraction of sp³-hybridized carbons (Fsp3) is 1.00.